The van der Waals surface area contributed by atoms with Crippen molar-refractivity contribution in [2.45, 2.75) is 26.8 Å². The summed E-state index contributed by atoms with van der Waals surface area (Å²) in [5.41, 5.74) is 7.36. The van der Waals surface area contributed by atoms with E-state index < -0.39 is 0 Å². The highest BCUT2D eigenvalue weighted by molar-refractivity contribution is 5.53. The van der Waals surface area contributed by atoms with Gasteiger partial charge in [-0.25, -0.2) is 0 Å². The second kappa shape index (κ2) is 3.26. The maximum absolute atomic E-state index is 8.75. The molecule has 0 spiro atoms. The Morgan fingerprint density at radius 3 is 2.83 bits per heavy atom. The predicted octanol–water partition coefficient (Wildman–Crippen LogP) is 1.06. The summed E-state index contributed by atoms with van der Waals surface area (Å²) in [5.74, 6) is 0. The van der Waals surface area contributed by atoms with Crippen molar-refractivity contribution in [2.75, 3.05) is 5.73 Å². The van der Waals surface area contributed by atoms with E-state index in [4.69, 9.17) is 11.0 Å². The molecule has 1 rings (SSSR count). The van der Waals surface area contributed by atoms with Crippen molar-refractivity contribution in [3.05, 3.63) is 11.4 Å². The molecule has 1 aromatic heterocycles. The van der Waals surface area contributed by atoms with Crippen molar-refractivity contribution < 1.29 is 0 Å². The fraction of sp³-hybridized carbons (Fsp3) is 0.500. The largest absolute Gasteiger partial charge is 0.395 e. The fourth-order valence-electron chi connectivity index (χ4n) is 1.09. The third kappa shape index (κ3) is 1.26. The molecule has 0 saturated carbocycles. The molecule has 0 aliphatic heterocycles. The molecule has 0 unspecified atom stereocenters. The van der Waals surface area contributed by atoms with Gasteiger partial charge in [-0.05, 0) is 13.3 Å². The SMILES string of the molecule is CCCn1nc(C)c(N)c1C#N. The zero-order chi connectivity index (χ0) is 9.14. The zero-order valence-corrected chi connectivity index (χ0v) is 7.33. The summed E-state index contributed by atoms with van der Waals surface area (Å²) in [6, 6.07) is 2.04. The van der Waals surface area contributed by atoms with Crippen molar-refractivity contribution in [2.24, 2.45) is 0 Å². The van der Waals surface area contributed by atoms with Crippen LogP contribution in [0.25, 0.3) is 0 Å². The minimum absolute atomic E-state index is 0.481. The van der Waals surface area contributed by atoms with Crippen LogP contribution in [-0.4, -0.2) is 9.78 Å². The average molecular weight is 164 g/mol. The van der Waals surface area contributed by atoms with E-state index in [1.165, 1.54) is 0 Å². The van der Waals surface area contributed by atoms with Crippen LogP contribution < -0.4 is 5.73 Å². The van der Waals surface area contributed by atoms with E-state index in [-0.39, 0.29) is 0 Å². The van der Waals surface area contributed by atoms with Crippen LogP contribution in [0.3, 0.4) is 0 Å². The maximum atomic E-state index is 8.75. The van der Waals surface area contributed by atoms with Crippen LogP contribution in [-0.2, 0) is 6.54 Å². The molecule has 1 heterocycles. The third-order valence-electron chi connectivity index (χ3n) is 1.72. The quantitative estimate of drug-likeness (QED) is 0.710. The molecule has 2 N–H and O–H groups in total. The van der Waals surface area contributed by atoms with Crippen molar-refractivity contribution in [3.8, 4) is 6.07 Å². The molecule has 4 heteroatoms. The number of aryl methyl sites for hydroxylation is 2. The van der Waals surface area contributed by atoms with Crippen molar-refractivity contribution in [1.29, 1.82) is 5.26 Å². The van der Waals surface area contributed by atoms with E-state index >= 15 is 0 Å². The van der Waals surface area contributed by atoms with Gasteiger partial charge in [0.05, 0.1) is 11.4 Å². The van der Waals surface area contributed by atoms with Crippen LogP contribution in [0.4, 0.5) is 5.69 Å². The molecule has 4 nitrogen and oxygen atoms in total. The zero-order valence-electron chi connectivity index (χ0n) is 7.33. The van der Waals surface area contributed by atoms with Gasteiger partial charge in [-0.3, -0.25) is 4.68 Å². The first-order valence-electron chi connectivity index (χ1n) is 3.93. The molecule has 0 saturated heterocycles. The van der Waals surface area contributed by atoms with E-state index in [0.717, 1.165) is 18.7 Å². The lowest BCUT2D eigenvalue weighted by atomic mass is 10.3. The van der Waals surface area contributed by atoms with Crippen LogP contribution in [0.2, 0.25) is 0 Å². The summed E-state index contributed by atoms with van der Waals surface area (Å²) >= 11 is 0. The number of rotatable bonds is 2. The third-order valence-corrected chi connectivity index (χ3v) is 1.72. The first-order valence-corrected chi connectivity index (χ1v) is 3.93. The molecular formula is C8H12N4. The van der Waals surface area contributed by atoms with E-state index in [0.29, 0.717) is 11.4 Å². The fourth-order valence-corrected chi connectivity index (χ4v) is 1.09. The minimum Gasteiger partial charge on any atom is -0.395 e. The number of nitrogens with two attached hydrogens (primary N) is 1. The number of nitrogens with zero attached hydrogens (tertiary/aromatic N) is 3. The second-order valence-corrected chi connectivity index (χ2v) is 2.68. The molecule has 0 aromatic carbocycles. The number of hydrogen-bond donors (Lipinski definition) is 1. The first-order chi connectivity index (χ1) is 5.70. The number of aromatic nitrogens is 2. The van der Waals surface area contributed by atoms with Crippen molar-refractivity contribution in [3.63, 3.8) is 0 Å². The monoisotopic (exact) mass is 164 g/mol. The smallest absolute Gasteiger partial charge is 0.161 e. The average Bonchev–Trinajstić information content (AvgIpc) is 2.29. The van der Waals surface area contributed by atoms with Crippen LogP contribution in [0.1, 0.15) is 24.7 Å². The molecule has 12 heavy (non-hydrogen) atoms. The Balaban J connectivity index is 3.13. The van der Waals surface area contributed by atoms with E-state index in [1.807, 2.05) is 19.9 Å². The highest BCUT2D eigenvalue weighted by Gasteiger charge is 2.10. The Morgan fingerprint density at radius 1 is 1.67 bits per heavy atom. The lowest BCUT2D eigenvalue weighted by Crippen LogP contribution is -2.02. The molecule has 1 aromatic rings. The summed E-state index contributed by atoms with van der Waals surface area (Å²) in [6.45, 7) is 4.59. The summed E-state index contributed by atoms with van der Waals surface area (Å²) < 4.78 is 1.66. The molecule has 0 atom stereocenters. The second-order valence-electron chi connectivity index (χ2n) is 2.68. The van der Waals surface area contributed by atoms with Gasteiger partial charge in [-0.2, -0.15) is 10.4 Å². The number of nitrogen functional groups attached to an aromatic ring is 1. The van der Waals surface area contributed by atoms with Crippen LogP contribution in [0.5, 0.6) is 0 Å². The highest BCUT2D eigenvalue weighted by Crippen LogP contribution is 2.14. The molecule has 0 aliphatic rings. The van der Waals surface area contributed by atoms with Gasteiger partial charge in [0.1, 0.15) is 6.07 Å². The number of anilines is 1. The summed E-state index contributed by atoms with van der Waals surface area (Å²) in [7, 11) is 0. The Labute approximate surface area is 71.6 Å². The van der Waals surface area contributed by atoms with E-state index in [1.54, 1.807) is 4.68 Å². The highest BCUT2D eigenvalue weighted by atomic mass is 15.3. The molecule has 0 aliphatic carbocycles. The minimum atomic E-state index is 0.481. The first kappa shape index (κ1) is 8.60. The predicted molar refractivity (Wildman–Crippen MR) is 46.4 cm³/mol. The van der Waals surface area contributed by atoms with Crippen LogP contribution in [0, 0.1) is 18.3 Å². The van der Waals surface area contributed by atoms with Gasteiger partial charge >= 0.3 is 0 Å². The van der Waals surface area contributed by atoms with Gasteiger partial charge in [0.25, 0.3) is 0 Å². The summed E-state index contributed by atoms with van der Waals surface area (Å²) in [5, 5.41) is 12.9. The van der Waals surface area contributed by atoms with Crippen LogP contribution >= 0.6 is 0 Å². The molecule has 64 valence electrons. The molecule has 0 radical (unpaired) electrons. The van der Waals surface area contributed by atoms with Crippen molar-refractivity contribution >= 4 is 5.69 Å². The Hall–Kier alpha value is -1.50. The van der Waals surface area contributed by atoms with Gasteiger partial charge in [0.15, 0.2) is 5.69 Å². The molecular weight excluding hydrogens is 152 g/mol. The molecule has 0 amide bonds. The summed E-state index contributed by atoms with van der Waals surface area (Å²) in [4.78, 5) is 0. The van der Waals surface area contributed by atoms with Gasteiger partial charge in [-0.1, -0.05) is 6.92 Å². The number of nitriles is 1. The Kier molecular flexibility index (Phi) is 2.34. The van der Waals surface area contributed by atoms with Gasteiger partial charge in [0, 0.05) is 6.54 Å². The lowest BCUT2D eigenvalue weighted by molar-refractivity contribution is 0.592. The van der Waals surface area contributed by atoms with Gasteiger partial charge in [-0.15, -0.1) is 0 Å². The maximum Gasteiger partial charge on any atom is 0.161 e. The standard InChI is InChI=1S/C8H12N4/c1-3-4-12-7(5-9)8(10)6(2)11-12/h3-4,10H2,1-2H3. The van der Waals surface area contributed by atoms with Gasteiger partial charge in [0.2, 0.25) is 0 Å². The van der Waals surface area contributed by atoms with E-state index in [9.17, 15) is 0 Å². The van der Waals surface area contributed by atoms with E-state index in [2.05, 4.69) is 5.10 Å². The normalized spacial score (nSPS) is 9.75. The molecule has 0 fully saturated rings. The summed E-state index contributed by atoms with van der Waals surface area (Å²) in [6.07, 6.45) is 0.954. The lowest BCUT2D eigenvalue weighted by Gasteiger charge is -1.97. The number of hydrogen-bond acceptors (Lipinski definition) is 3. The topological polar surface area (TPSA) is 67.6 Å². The van der Waals surface area contributed by atoms with Crippen LogP contribution in [0.15, 0.2) is 0 Å². The Morgan fingerprint density at radius 2 is 2.33 bits per heavy atom. The molecule has 0 bridgehead atoms. The van der Waals surface area contributed by atoms with Gasteiger partial charge < -0.3 is 5.73 Å². The Bertz CT molecular complexity index is 319. The van der Waals surface area contributed by atoms with Crippen molar-refractivity contribution in [1.82, 2.24) is 9.78 Å².